The number of nitrogens with one attached hydrogen (secondary N) is 1. The number of carbonyl (C=O) groups is 1. The van der Waals surface area contributed by atoms with Gasteiger partial charge in [0.1, 0.15) is 0 Å². The molecule has 4 aromatic rings. The molecule has 0 aliphatic heterocycles. The number of thioether (sulfide) groups is 1. The average molecular weight is 518 g/mol. The summed E-state index contributed by atoms with van der Waals surface area (Å²) in [7, 11) is 1.39. The molecule has 8 heteroatoms. The molecule has 2 unspecified atom stereocenters. The van der Waals surface area contributed by atoms with Crippen molar-refractivity contribution < 1.29 is 9.53 Å². The quantitative estimate of drug-likeness (QED) is 0.114. The second-order valence-corrected chi connectivity index (χ2v) is 8.76. The molecule has 2 atom stereocenters. The summed E-state index contributed by atoms with van der Waals surface area (Å²) in [4.78, 5) is 36.1. The van der Waals surface area contributed by atoms with Crippen molar-refractivity contribution in [2.24, 2.45) is 4.99 Å². The third kappa shape index (κ3) is 7.48. The van der Waals surface area contributed by atoms with E-state index in [9.17, 15) is 9.59 Å². The Hall–Kier alpha value is -3.54. The Kier molecular flexibility index (Phi) is 10.2. The molecule has 0 saturated carbocycles. The fourth-order valence-corrected chi connectivity index (χ4v) is 4.42. The van der Waals surface area contributed by atoms with Gasteiger partial charge in [0.2, 0.25) is 0 Å². The van der Waals surface area contributed by atoms with Crippen molar-refractivity contribution in [3.05, 3.63) is 130 Å². The molecule has 0 fully saturated rings. The molecule has 0 radical (unpaired) electrons. The van der Waals surface area contributed by atoms with Gasteiger partial charge in [0.05, 0.1) is 12.8 Å². The number of aromatic amines is 1. The molecule has 0 amide bonds. The largest absolute Gasteiger partial charge is 0.467 e. The number of benzene rings is 3. The predicted octanol–water partition coefficient (Wildman–Crippen LogP) is 4.74. The van der Waals surface area contributed by atoms with E-state index in [1.165, 1.54) is 31.1 Å². The van der Waals surface area contributed by atoms with Crippen LogP contribution in [0.15, 0.2) is 112 Å². The zero-order chi connectivity index (χ0) is 24.5. The van der Waals surface area contributed by atoms with Gasteiger partial charge >= 0.3 is 5.97 Å². The van der Waals surface area contributed by atoms with E-state index in [0.717, 1.165) is 28.0 Å². The van der Waals surface area contributed by atoms with Crippen molar-refractivity contribution in [2.75, 3.05) is 7.11 Å². The van der Waals surface area contributed by atoms with Gasteiger partial charge in [0, 0.05) is 35.6 Å². The number of H-pyrrole nitrogens is 1. The molecule has 1 aromatic heterocycles. The first kappa shape index (κ1) is 27.1. The third-order valence-electron chi connectivity index (χ3n) is 5.30. The Morgan fingerprint density at radius 2 is 1.58 bits per heavy atom. The number of ether oxygens (including phenoxy) is 1. The first-order valence-corrected chi connectivity index (χ1v) is 12.1. The fourth-order valence-electron chi connectivity index (χ4n) is 3.63. The molecule has 6 nitrogen and oxygen atoms in total. The van der Waals surface area contributed by atoms with Crippen LogP contribution in [0.1, 0.15) is 22.3 Å². The van der Waals surface area contributed by atoms with Crippen molar-refractivity contribution in [1.82, 2.24) is 9.97 Å². The van der Waals surface area contributed by atoms with Crippen LogP contribution in [0.3, 0.4) is 0 Å². The van der Waals surface area contributed by atoms with Crippen LogP contribution in [0.4, 0.5) is 0 Å². The SMILES string of the molecule is COC(=O)C(Cc1cccc(CSc2nccc(=O)[nH]2)c1)N=C(c1ccccc1)c1ccccc1.P. The van der Waals surface area contributed by atoms with Crippen LogP contribution in [0.5, 0.6) is 0 Å². The smallest absolute Gasteiger partial charge is 0.330 e. The third-order valence-corrected chi connectivity index (χ3v) is 6.26. The van der Waals surface area contributed by atoms with Crippen molar-refractivity contribution in [2.45, 2.75) is 23.4 Å². The molecule has 184 valence electrons. The lowest BCUT2D eigenvalue weighted by Gasteiger charge is -2.15. The molecule has 1 heterocycles. The maximum Gasteiger partial charge on any atom is 0.330 e. The molecule has 1 N–H and O–H groups in total. The number of esters is 1. The molecular weight excluding hydrogens is 489 g/mol. The number of aliphatic imine (C=N–C) groups is 1. The summed E-state index contributed by atoms with van der Waals surface area (Å²) in [5.41, 5.74) is 4.45. The first-order valence-electron chi connectivity index (χ1n) is 11.1. The van der Waals surface area contributed by atoms with E-state index in [1.54, 1.807) is 0 Å². The molecule has 36 heavy (non-hydrogen) atoms. The molecule has 0 aliphatic carbocycles. The minimum absolute atomic E-state index is 0. The van der Waals surface area contributed by atoms with Gasteiger partial charge in [-0.05, 0) is 11.1 Å². The lowest BCUT2D eigenvalue weighted by molar-refractivity contribution is -0.142. The topological polar surface area (TPSA) is 84.4 Å². The number of hydrogen-bond acceptors (Lipinski definition) is 6. The molecule has 0 saturated heterocycles. The molecule has 0 bridgehead atoms. The Balaban J connectivity index is 0.00000361. The van der Waals surface area contributed by atoms with Crippen LogP contribution in [-0.2, 0) is 21.7 Å². The summed E-state index contributed by atoms with van der Waals surface area (Å²) in [6.45, 7) is 0. The van der Waals surface area contributed by atoms with Crippen molar-refractivity contribution in [3.8, 4) is 0 Å². The number of carbonyl (C=O) groups excluding carboxylic acids is 1. The second-order valence-electron chi connectivity index (χ2n) is 7.80. The molecule has 4 rings (SSSR count). The van der Waals surface area contributed by atoms with Crippen LogP contribution in [-0.4, -0.2) is 34.8 Å². The predicted molar refractivity (Wildman–Crippen MR) is 150 cm³/mol. The molecule has 0 aliphatic rings. The zero-order valence-corrected chi connectivity index (χ0v) is 22.2. The minimum Gasteiger partial charge on any atom is -0.467 e. The van der Waals surface area contributed by atoms with E-state index in [1.807, 2.05) is 84.9 Å². The first-order chi connectivity index (χ1) is 17.1. The highest BCUT2D eigenvalue weighted by molar-refractivity contribution is 7.98. The summed E-state index contributed by atoms with van der Waals surface area (Å²) >= 11 is 1.45. The lowest BCUT2D eigenvalue weighted by Crippen LogP contribution is -2.25. The van der Waals surface area contributed by atoms with Gasteiger partial charge < -0.3 is 9.72 Å². The van der Waals surface area contributed by atoms with Gasteiger partial charge in [0.25, 0.3) is 5.56 Å². The van der Waals surface area contributed by atoms with Gasteiger partial charge in [-0.2, -0.15) is 9.90 Å². The monoisotopic (exact) mass is 517 g/mol. The summed E-state index contributed by atoms with van der Waals surface area (Å²) in [6, 6.07) is 28.3. The van der Waals surface area contributed by atoms with Gasteiger partial charge in [0.15, 0.2) is 11.2 Å². The van der Waals surface area contributed by atoms with Crippen molar-refractivity contribution in [1.29, 1.82) is 0 Å². The summed E-state index contributed by atoms with van der Waals surface area (Å²) < 4.78 is 5.11. The number of nitrogens with zero attached hydrogens (tertiary/aromatic N) is 2. The number of aromatic nitrogens is 2. The van der Waals surface area contributed by atoms with Crippen molar-refractivity contribution >= 4 is 33.3 Å². The minimum atomic E-state index is -0.703. The van der Waals surface area contributed by atoms with Gasteiger partial charge in [-0.1, -0.05) is 96.7 Å². The van der Waals surface area contributed by atoms with E-state index < -0.39 is 6.04 Å². The zero-order valence-electron chi connectivity index (χ0n) is 20.0. The second kappa shape index (κ2) is 13.5. The highest BCUT2D eigenvalue weighted by Crippen LogP contribution is 2.20. The van der Waals surface area contributed by atoms with E-state index >= 15 is 0 Å². The maximum absolute atomic E-state index is 12.8. The van der Waals surface area contributed by atoms with Gasteiger partial charge in [-0.3, -0.25) is 9.79 Å². The van der Waals surface area contributed by atoms with Crippen molar-refractivity contribution in [3.63, 3.8) is 0 Å². The van der Waals surface area contributed by atoms with Gasteiger partial charge in [-0.25, -0.2) is 9.78 Å². The number of rotatable bonds is 9. The summed E-state index contributed by atoms with van der Waals surface area (Å²) in [5.74, 6) is 0.242. The Morgan fingerprint density at radius 3 is 2.19 bits per heavy atom. The van der Waals surface area contributed by atoms with Crippen LogP contribution in [0.25, 0.3) is 0 Å². The highest BCUT2D eigenvalue weighted by Gasteiger charge is 2.21. The number of hydrogen-bond donors (Lipinski definition) is 1. The standard InChI is InChI=1S/C28H25N3O3S.H3P/c1-34-27(33)24(30-26(22-11-4-2-5-12-22)23-13-6-3-7-14-23)18-20-9-8-10-21(17-20)19-35-28-29-16-15-25(32)31-28;/h2-17,24H,18-19H2,1H3,(H,29,31,32);1H3. The summed E-state index contributed by atoms with van der Waals surface area (Å²) in [6.07, 6.45) is 1.89. The van der Waals surface area contributed by atoms with E-state index in [2.05, 4.69) is 9.97 Å². The van der Waals surface area contributed by atoms with E-state index in [4.69, 9.17) is 9.73 Å². The summed E-state index contributed by atoms with van der Waals surface area (Å²) in [5, 5.41) is 0.565. The van der Waals surface area contributed by atoms with Crippen LogP contribution < -0.4 is 5.56 Å². The molecule has 3 aromatic carbocycles. The Labute approximate surface area is 217 Å². The van der Waals surface area contributed by atoms with E-state index in [-0.39, 0.29) is 21.4 Å². The fraction of sp³-hybridized carbons (Fsp3) is 0.143. The van der Waals surface area contributed by atoms with Crippen LogP contribution >= 0.6 is 21.7 Å². The highest BCUT2D eigenvalue weighted by atomic mass is 32.2. The Bertz CT molecular complexity index is 1320. The van der Waals surface area contributed by atoms with Gasteiger partial charge in [-0.15, -0.1) is 0 Å². The molecule has 0 spiro atoms. The van der Waals surface area contributed by atoms with E-state index in [0.29, 0.717) is 17.3 Å². The number of methoxy groups -OCH3 is 1. The Morgan fingerprint density at radius 1 is 0.944 bits per heavy atom. The van der Waals surface area contributed by atoms with Crippen LogP contribution in [0.2, 0.25) is 0 Å². The average Bonchev–Trinajstić information content (AvgIpc) is 2.90. The molecular formula is C28H28N3O3PS. The van der Waals surface area contributed by atoms with Crippen LogP contribution in [0, 0.1) is 0 Å². The maximum atomic E-state index is 12.8. The lowest BCUT2D eigenvalue weighted by atomic mass is 10.00. The normalized spacial score (nSPS) is 11.1.